The van der Waals surface area contributed by atoms with E-state index >= 15 is 0 Å². The van der Waals surface area contributed by atoms with Gasteiger partial charge < -0.3 is 0 Å². The van der Waals surface area contributed by atoms with Crippen LogP contribution in [0.3, 0.4) is 0 Å². The molecule has 2 aromatic carbocycles. The molecule has 0 aliphatic heterocycles. The van der Waals surface area contributed by atoms with Crippen molar-refractivity contribution in [1.29, 1.82) is 0 Å². The Bertz CT molecular complexity index is 1630. The molecule has 1 aliphatic carbocycles. The zero-order valence-electron chi connectivity index (χ0n) is 19.9. The van der Waals surface area contributed by atoms with Gasteiger partial charge in [-0.05, 0) is 56.2 Å². The summed E-state index contributed by atoms with van der Waals surface area (Å²) in [5.74, 6) is 0. The molecule has 0 unspecified atom stereocenters. The van der Waals surface area contributed by atoms with E-state index in [0.717, 1.165) is 25.0 Å². The highest BCUT2D eigenvalue weighted by molar-refractivity contribution is 5.65. The second kappa shape index (κ2) is 9.24. The van der Waals surface area contributed by atoms with E-state index in [1.165, 1.54) is 32.1 Å². The molecule has 1 fully saturated rings. The maximum Gasteiger partial charge on any atom is 0.416 e. The summed E-state index contributed by atoms with van der Waals surface area (Å²) in [6.07, 6.45) is -0.0958. The number of alkyl halides is 3. The van der Waals surface area contributed by atoms with Gasteiger partial charge in [0.15, 0.2) is 5.69 Å². The highest BCUT2D eigenvalue weighted by atomic mass is 19.4. The lowest BCUT2D eigenvalue weighted by atomic mass is 10.1. The van der Waals surface area contributed by atoms with Crippen LogP contribution in [0.25, 0.3) is 27.5 Å². The fourth-order valence-corrected chi connectivity index (χ4v) is 5.00. The Morgan fingerprint density at radius 3 is 2.35 bits per heavy atom. The van der Waals surface area contributed by atoms with Crippen LogP contribution in [0.2, 0.25) is 0 Å². The van der Waals surface area contributed by atoms with E-state index in [1.807, 2.05) is 0 Å². The lowest BCUT2D eigenvalue weighted by Gasteiger charge is -2.21. The molecule has 10 heteroatoms. The van der Waals surface area contributed by atoms with Gasteiger partial charge >= 0.3 is 11.9 Å². The van der Waals surface area contributed by atoms with Gasteiger partial charge in [0.2, 0.25) is 0 Å². The summed E-state index contributed by atoms with van der Waals surface area (Å²) >= 11 is 0. The average molecular weight is 506 g/mol. The monoisotopic (exact) mass is 505 g/mol. The summed E-state index contributed by atoms with van der Waals surface area (Å²) in [6, 6.07) is 12.5. The van der Waals surface area contributed by atoms with Crippen LogP contribution in [-0.2, 0) is 6.18 Å². The predicted octanol–water partition coefficient (Wildman–Crippen LogP) is 5.85. The molecule has 5 rings (SSSR count). The van der Waals surface area contributed by atoms with Gasteiger partial charge in [0, 0.05) is 11.7 Å². The molecule has 37 heavy (non-hydrogen) atoms. The minimum Gasteiger partial charge on any atom is -0.268 e. The number of nitrogens with zero attached hydrogens (tertiary/aromatic N) is 5. The van der Waals surface area contributed by atoms with E-state index in [4.69, 9.17) is 6.57 Å². The van der Waals surface area contributed by atoms with Crippen LogP contribution < -0.4 is 11.2 Å². The van der Waals surface area contributed by atoms with Crippen molar-refractivity contribution in [1.82, 2.24) is 18.9 Å². The normalized spacial score (nSPS) is 14.1. The summed E-state index contributed by atoms with van der Waals surface area (Å²) in [4.78, 5) is 31.0. The molecule has 0 amide bonds. The van der Waals surface area contributed by atoms with E-state index < -0.39 is 23.0 Å². The van der Waals surface area contributed by atoms with Gasteiger partial charge in [-0.1, -0.05) is 31.0 Å². The van der Waals surface area contributed by atoms with Gasteiger partial charge in [-0.3, -0.25) is 13.9 Å². The Labute approximate surface area is 209 Å². The number of aromatic nitrogens is 4. The zero-order valence-corrected chi connectivity index (χ0v) is 19.9. The third kappa shape index (κ3) is 4.27. The van der Waals surface area contributed by atoms with Crippen LogP contribution in [0.1, 0.15) is 43.0 Å². The third-order valence-electron chi connectivity index (χ3n) is 6.77. The van der Waals surface area contributed by atoms with Gasteiger partial charge in [0.05, 0.1) is 41.0 Å². The first kappa shape index (κ1) is 24.3. The molecule has 0 spiro atoms. The molecule has 0 saturated heterocycles. The Morgan fingerprint density at radius 1 is 1.00 bits per heavy atom. The van der Waals surface area contributed by atoms with E-state index in [9.17, 15) is 22.8 Å². The molecule has 188 valence electrons. The van der Waals surface area contributed by atoms with Crippen molar-refractivity contribution < 1.29 is 13.2 Å². The zero-order chi connectivity index (χ0) is 26.3. The summed E-state index contributed by atoms with van der Waals surface area (Å²) in [5, 5.41) is 4.35. The molecule has 0 atom stereocenters. The Morgan fingerprint density at radius 2 is 1.70 bits per heavy atom. The van der Waals surface area contributed by atoms with E-state index in [1.54, 1.807) is 37.3 Å². The van der Waals surface area contributed by atoms with Crippen LogP contribution >= 0.6 is 0 Å². The van der Waals surface area contributed by atoms with Gasteiger partial charge in [-0.2, -0.15) is 18.3 Å². The first-order chi connectivity index (χ1) is 17.7. The van der Waals surface area contributed by atoms with Gasteiger partial charge in [-0.15, -0.1) is 0 Å². The van der Waals surface area contributed by atoms with Crippen molar-refractivity contribution >= 4 is 5.69 Å². The van der Waals surface area contributed by atoms with E-state index in [0.29, 0.717) is 29.9 Å². The number of hydrogen-bond donors (Lipinski definition) is 0. The Kier molecular flexibility index (Phi) is 6.07. The first-order valence-electron chi connectivity index (χ1n) is 11.8. The number of halogens is 3. The number of benzene rings is 2. The lowest BCUT2D eigenvalue weighted by molar-refractivity contribution is -0.137. The van der Waals surface area contributed by atoms with Gasteiger partial charge in [0.1, 0.15) is 0 Å². The van der Waals surface area contributed by atoms with E-state index in [-0.39, 0.29) is 23.0 Å². The summed E-state index contributed by atoms with van der Waals surface area (Å²) in [7, 11) is 0. The van der Waals surface area contributed by atoms with Gasteiger partial charge in [-0.25, -0.2) is 14.3 Å². The molecule has 7 nitrogen and oxygen atoms in total. The molecule has 2 heterocycles. The highest BCUT2D eigenvalue weighted by Crippen LogP contribution is 2.32. The lowest BCUT2D eigenvalue weighted by Crippen LogP contribution is -2.43. The van der Waals surface area contributed by atoms with Crippen molar-refractivity contribution in [3.05, 3.63) is 104 Å². The molecule has 0 N–H and O–H groups in total. The molecular formula is C27H22F3N5O2. The van der Waals surface area contributed by atoms with Crippen molar-refractivity contribution in [3.63, 3.8) is 0 Å². The van der Waals surface area contributed by atoms with E-state index in [2.05, 4.69) is 9.94 Å². The van der Waals surface area contributed by atoms with Gasteiger partial charge in [0.25, 0.3) is 5.56 Å². The van der Waals surface area contributed by atoms with Crippen molar-refractivity contribution in [2.45, 2.75) is 44.8 Å². The van der Waals surface area contributed by atoms with Crippen LogP contribution in [0.5, 0.6) is 0 Å². The second-order valence-electron chi connectivity index (χ2n) is 9.00. The topological polar surface area (TPSA) is 66.2 Å². The number of hydrogen-bond acceptors (Lipinski definition) is 3. The number of rotatable bonds is 4. The standard InChI is InChI=1S/C27H22F3N5O2/c1-17-24(23-14-15-32-35(23)21-12-10-19(31-2)11-13-21)25(36)34(20-7-3-4-8-20)26(37)33(17)22-9-5-6-18(16-22)27(28,29)30/h5-6,9-16,20H,3-4,7-8H2,1H3. The van der Waals surface area contributed by atoms with Crippen molar-refractivity contribution in [3.8, 4) is 22.6 Å². The molecule has 2 aromatic heterocycles. The third-order valence-corrected chi connectivity index (χ3v) is 6.77. The van der Waals surface area contributed by atoms with Crippen molar-refractivity contribution in [2.24, 2.45) is 0 Å². The second-order valence-corrected chi connectivity index (χ2v) is 9.00. The minimum absolute atomic E-state index is 0.0257. The first-order valence-corrected chi connectivity index (χ1v) is 11.8. The van der Waals surface area contributed by atoms with Crippen LogP contribution in [0.4, 0.5) is 18.9 Å². The average Bonchev–Trinajstić information content (AvgIpc) is 3.57. The molecule has 1 saturated carbocycles. The molecular weight excluding hydrogens is 483 g/mol. The van der Waals surface area contributed by atoms with Crippen molar-refractivity contribution in [2.75, 3.05) is 0 Å². The summed E-state index contributed by atoms with van der Waals surface area (Å²) in [5.41, 5.74) is -0.212. The fraction of sp³-hybridized carbons (Fsp3) is 0.259. The Hall–Kier alpha value is -4.39. The molecule has 0 bridgehead atoms. The predicted molar refractivity (Wildman–Crippen MR) is 132 cm³/mol. The van der Waals surface area contributed by atoms with Crippen LogP contribution in [0, 0.1) is 13.5 Å². The summed E-state index contributed by atoms with van der Waals surface area (Å²) < 4.78 is 44.4. The maximum absolute atomic E-state index is 13.9. The van der Waals surface area contributed by atoms with Crippen LogP contribution in [0.15, 0.2) is 70.4 Å². The minimum atomic E-state index is -4.59. The Balaban J connectivity index is 1.80. The van der Waals surface area contributed by atoms with Crippen LogP contribution in [-0.4, -0.2) is 18.9 Å². The smallest absolute Gasteiger partial charge is 0.268 e. The maximum atomic E-state index is 13.9. The molecule has 1 aliphatic rings. The SMILES string of the molecule is [C-]#[N+]c1ccc(-n2nccc2-c2c(C)n(-c3cccc(C(F)(F)F)c3)c(=O)n(C3CCCC3)c2=O)cc1. The largest absolute Gasteiger partial charge is 0.416 e. The summed E-state index contributed by atoms with van der Waals surface area (Å²) in [6.45, 7) is 8.71. The highest BCUT2D eigenvalue weighted by Gasteiger charge is 2.32. The fourth-order valence-electron chi connectivity index (χ4n) is 5.00. The quantitative estimate of drug-likeness (QED) is 0.327. The molecule has 4 aromatic rings. The molecule has 0 radical (unpaired) electrons.